The van der Waals surface area contributed by atoms with Crippen LogP contribution < -0.4 is 15.0 Å². The number of nitrogens with zero attached hydrogens (tertiary/aromatic N) is 7. The highest BCUT2D eigenvalue weighted by atomic mass is 16.7. The summed E-state index contributed by atoms with van der Waals surface area (Å²) in [6.45, 7) is 12.6. The van der Waals surface area contributed by atoms with E-state index in [2.05, 4.69) is 37.5 Å². The Morgan fingerprint density at radius 3 is 2.46 bits per heavy atom. The third-order valence-corrected chi connectivity index (χ3v) is 9.31. The number of rotatable bonds is 11. The Hall–Kier alpha value is -5.08. The molecule has 0 bridgehead atoms. The fraction of sp³-hybridized carbons (Fsp3) is 0.474. The number of aliphatic carboxylic acids is 1. The van der Waals surface area contributed by atoms with E-state index in [1.54, 1.807) is 21.0 Å². The second kappa shape index (κ2) is 15.3. The largest absolute Gasteiger partial charge is 0.481 e. The number of aromatic nitrogens is 5. The summed E-state index contributed by atoms with van der Waals surface area (Å²) in [4.78, 5) is 33.7. The summed E-state index contributed by atoms with van der Waals surface area (Å²) in [7, 11) is 1.57. The number of carbonyl (C=O) groups excluding carboxylic acids is 1. The van der Waals surface area contributed by atoms with E-state index >= 15 is 0 Å². The van der Waals surface area contributed by atoms with E-state index in [1.165, 1.54) is 5.57 Å². The van der Waals surface area contributed by atoms with E-state index in [9.17, 15) is 14.7 Å². The number of carboxylic acids is 1. The molecule has 1 amide bonds. The van der Waals surface area contributed by atoms with Crippen LogP contribution in [0.4, 0.5) is 16.3 Å². The summed E-state index contributed by atoms with van der Waals surface area (Å²) in [5.74, 6) is 0.121. The number of pyridine rings is 1. The number of methoxy groups -OCH3 is 1. The molecule has 0 saturated carbocycles. The molecule has 14 heteroatoms. The predicted molar refractivity (Wildman–Crippen MR) is 198 cm³/mol. The van der Waals surface area contributed by atoms with Gasteiger partial charge in [0.15, 0.2) is 18.1 Å². The second-order valence-electron chi connectivity index (χ2n) is 15.0. The Morgan fingerprint density at radius 2 is 1.77 bits per heavy atom. The maximum Gasteiger partial charge on any atom is 0.413 e. The normalized spacial score (nSPS) is 16.1. The van der Waals surface area contributed by atoms with E-state index < -0.39 is 23.1 Å². The van der Waals surface area contributed by atoms with E-state index in [4.69, 9.17) is 24.3 Å². The number of amides is 1. The van der Waals surface area contributed by atoms with Crippen LogP contribution in [0.15, 0.2) is 54.7 Å². The quantitative estimate of drug-likeness (QED) is 0.169. The molecule has 2 aliphatic rings. The SMILES string of the molecule is COCOc1ccccc1-c1cc2c(nn1)c(NC(=O)OC(C)(C)C)nn2C1CCN(c2ccnc(C3=CCN(CC(C)(C)C(=O)O)CC3)c2)CC1. The zero-order chi connectivity index (χ0) is 37.0. The van der Waals surface area contributed by atoms with E-state index in [1.807, 2.05) is 68.0 Å². The Morgan fingerprint density at radius 1 is 1.00 bits per heavy atom. The second-order valence-corrected chi connectivity index (χ2v) is 15.0. The van der Waals surface area contributed by atoms with Crippen LogP contribution in [0, 0.1) is 5.41 Å². The summed E-state index contributed by atoms with van der Waals surface area (Å²) in [6, 6.07) is 13.8. The molecule has 5 heterocycles. The predicted octanol–water partition coefficient (Wildman–Crippen LogP) is 6.26. The molecule has 0 aliphatic carbocycles. The summed E-state index contributed by atoms with van der Waals surface area (Å²) in [5.41, 5.74) is 4.34. The Bertz CT molecular complexity index is 1940. The van der Waals surface area contributed by atoms with Crippen molar-refractivity contribution in [1.82, 2.24) is 29.9 Å². The first-order chi connectivity index (χ1) is 24.8. The third kappa shape index (κ3) is 8.51. The molecule has 0 radical (unpaired) electrons. The fourth-order valence-corrected chi connectivity index (χ4v) is 6.63. The number of ether oxygens (including phenoxy) is 3. The first-order valence-corrected chi connectivity index (χ1v) is 17.6. The molecule has 1 saturated heterocycles. The number of para-hydroxylation sites is 1. The minimum absolute atomic E-state index is 0.0355. The van der Waals surface area contributed by atoms with Crippen LogP contribution in [-0.4, -0.2) is 99.3 Å². The van der Waals surface area contributed by atoms with Gasteiger partial charge in [0, 0.05) is 57.3 Å². The van der Waals surface area contributed by atoms with Crippen molar-refractivity contribution in [3.8, 4) is 17.0 Å². The number of benzene rings is 1. The molecule has 6 rings (SSSR count). The molecule has 276 valence electrons. The minimum Gasteiger partial charge on any atom is -0.481 e. The van der Waals surface area contributed by atoms with Crippen LogP contribution in [0.1, 0.15) is 65.6 Å². The summed E-state index contributed by atoms with van der Waals surface area (Å²) < 4.78 is 18.4. The van der Waals surface area contributed by atoms with E-state index in [0.29, 0.717) is 35.9 Å². The van der Waals surface area contributed by atoms with Gasteiger partial charge in [0.25, 0.3) is 0 Å². The monoisotopic (exact) mass is 712 g/mol. The van der Waals surface area contributed by atoms with Crippen molar-refractivity contribution >= 4 is 40.2 Å². The van der Waals surface area contributed by atoms with Gasteiger partial charge in [-0.25, -0.2) is 4.79 Å². The van der Waals surface area contributed by atoms with Crippen LogP contribution in [-0.2, 0) is 14.3 Å². The van der Waals surface area contributed by atoms with Gasteiger partial charge in [-0.1, -0.05) is 18.2 Å². The molecule has 4 aromatic rings. The fourth-order valence-electron chi connectivity index (χ4n) is 6.63. The van der Waals surface area contributed by atoms with Gasteiger partial charge in [-0.2, -0.15) is 5.10 Å². The lowest BCUT2D eigenvalue weighted by Crippen LogP contribution is -2.41. The van der Waals surface area contributed by atoms with E-state index in [0.717, 1.165) is 61.4 Å². The standard InChI is InChI=1S/C38H48N8O6/c1-37(2,3)52-36(49)40-34-33-31(22-30(41-42-33)28-9-7-8-10-32(28)51-24-50-6)46(43-34)26-14-19-45(20-15-26)27-11-16-39-29(21-27)25-12-17-44(18-13-25)23-38(4,5)35(47)48/h7-12,16,21-22,26H,13-15,17-20,23-24H2,1-6H3,(H,47,48)(H,40,43,49). The molecule has 3 aromatic heterocycles. The van der Waals surface area contributed by atoms with Gasteiger partial charge in [-0.15, -0.1) is 10.2 Å². The lowest BCUT2D eigenvalue weighted by molar-refractivity contribution is -0.147. The number of fused-ring (bicyclic) bond motifs is 1. The number of carboxylic acid groups (broad SMARTS) is 1. The number of hydrogen-bond acceptors (Lipinski definition) is 11. The topological polar surface area (TPSA) is 157 Å². The van der Waals surface area contributed by atoms with Crippen LogP contribution in [0.2, 0.25) is 0 Å². The molecule has 14 nitrogen and oxygen atoms in total. The van der Waals surface area contributed by atoms with Crippen molar-refractivity contribution < 1.29 is 28.9 Å². The Kier molecular flexibility index (Phi) is 10.8. The Labute approximate surface area is 303 Å². The van der Waals surface area contributed by atoms with Gasteiger partial charge in [-0.05, 0) is 89.8 Å². The van der Waals surface area contributed by atoms with Crippen molar-refractivity contribution in [3.63, 3.8) is 0 Å². The maximum absolute atomic E-state index is 12.8. The Balaban J connectivity index is 1.21. The molecule has 2 aliphatic heterocycles. The van der Waals surface area contributed by atoms with Crippen molar-refractivity contribution in [2.45, 2.75) is 65.5 Å². The van der Waals surface area contributed by atoms with Crippen molar-refractivity contribution in [2.75, 3.05) is 56.8 Å². The van der Waals surface area contributed by atoms with Crippen LogP contribution >= 0.6 is 0 Å². The van der Waals surface area contributed by atoms with Crippen LogP contribution in [0.5, 0.6) is 5.75 Å². The molecule has 0 atom stereocenters. The van der Waals surface area contributed by atoms with Gasteiger partial charge in [0.2, 0.25) is 0 Å². The van der Waals surface area contributed by atoms with Gasteiger partial charge in [0.05, 0.1) is 28.4 Å². The van der Waals surface area contributed by atoms with Gasteiger partial charge in [-0.3, -0.25) is 24.7 Å². The maximum atomic E-state index is 12.8. The smallest absolute Gasteiger partial charge is 0.413 e. The van der Waals surface area contributed by atoms with E-state index in [-0.39, 0.29) is 12.8 Å². The van der Waals surface area contributed by atoms with Gasteiger partial charge in [0.1, 0.15) is 11.4 Å². The lowest BCUT2D eigenvalue weighted by Gasteiger charge is -2.34. The van der Waals surface area contributed by atoms with Crippen molar-refractivity contribution in [1.29, 1.82) is 0 Å². The van der Waals surface area contributed by atoms with Gasteiger partial charge < -0.3 is 24.2 Å². The molecule has 1 aromatic carbocycles. The van der Waals surface area contributed by atoms with Crippen molar-refractivity contribution in [3.05, 3.63) is 60.4 Å². The number of anilines is 2. The highest BCUT2D eigenvalue weighted by Gasteiger charge is 2.31. The summed E-state index contributed by atoms with van der Waals surface area (Å²) in [5, 5.41) is 26.3. The minimum atomic E-state index is -0.797. The number of carbonyl (C=O) groups is 2. The third-order valence-electron chi connectivity index (χ3n) is 9.31. The number of hydrogen-bond donors (Lipinski definition) is 2. The molecule has 0 spiro atoms. The first kappa shape index (κ1) is 36.7. The zero-order valence-corrected chi connectivity index (χ0v) is 30.8. The van der Waals surface area contributed by atoms with Crippen LogP contribution in [0.3, 0.4) is 0 Å². The average Bonchev–Trinajstić information content (AvgIpc) is 3.47. The number of nitrogens with one attached hydrogen (secondary N) is 1. The molecule has 52 heavy (non-hydrogen) atoms. The molecule has 2 N–H and O–H groups in total. The summed E-state index contributed by atoms with van der Waals surface area (Å²) >= 11 is 0. The first-order valence-electron chi connectivity index (χ1n) is 17.6. The molecule has 0 unspecified atom stereocenters. The molecular weight excluding hydrogens is 664 g/mol. The molecule has 1 fully saturated rings. The van der Waals surface area contributed by atoms with Crippen molar-refractivity contribution in [2.24, 2.45) is 5.41 Å². The lowest BCUT2D eigenvalue weighted by atomic mass is 9.92. The molecular formula is C38H48N8O6. The average molecular weight is 713 g/mol. The number of piperidine rings is 1. The highest BCUT2D eigenvalue weighted by Crippen LogP contribution is 2.35. The van der Waals surface area contributed by atoms with Gasteiger partial charge >= 0.3 is 12.1 Å². The summed E-state index contributed by atoms with van der Waals surface area (Å²) in [6.07, 6.45) is 5.85. The zero-order valence-electron chi connectivity index (χ0n) is 30.8. The van der Waals surface area contributed by atoms with Crippen LogP contribution in [0.25, 0.3) is 27.9 Å². The highest BCUT2D eigenvalue weighted by molar-refractivity contribution is 5.96.